The van der Waals surface area contributed by atoms with Gasteiger partial charge >= 0.3 is 8.80 Å². The highest BCUT2D eigenvalue weighted by Crippen LogP contribution is 1.94. The zero-order valence-electron chi connectivity index (χ0n) is 6.53. The lowest BCUT2D eigenvalue weighted by atomic mass is 10.4. The van der Waals surface area contributed by atoms with Crippen LogP contribution < -0.4 is 5.32 Å². The molecule has 0 saturated carbocycles. The first-order chi connectivity index (χ1) is 4.88. The maximum absolute atomic E-state index is 10.6. The predicted molar refractivity (Wildman–Crippen MR) is 40.3 cm³/mol. The Morgan fingerprint density at radius 2 is 2.00 bits per heavy atom. The van der Waals surface area contributed by atoms with Gasteiger partial charge in [-0.15, -0.1) is 0 Å². The van der Waals surface area contributed by atoms with E-state index in [1.165, 1.54) is 6.92 Å². The molecule has 0 aliphatic carbocycles. The summed E-state index contributed by atoms with van der Waals surface area (Å²) >= 11 is 0. The van der Waals surface area contributed by atoms with E-state index < -0.39 is 14.5 Å². The van der Waals surface area contributed by atoms with E-state index in [2.05, 4.69) is 5.32 Å². The summed E-state index contributed by atoms with van der Waals surface area (Å²) in [5.41, 5.74) is -0.949. The molecule has 0 aromatic heterocycles. The standard InChI is InChI=1S/C5H13NO4Si/c1-3-5(7)6-4(2)11(8,9)10/h4,8-10H,3H2,1-2H3,(H,6,7). The molecule has 0 bridgehead atoms. The molecule has 6 heteroatoms. The monoisotopic (exact) mass is 179 g/mol. The highest BCUT2D eigenvalue weighted by Gasteiger charge is 2.36. The molecular formula is C5H13NO4Si. The first-order valence-electron chi connectivity index (χ1n) is 3.34. The minimum absolute atomic E-state index is 0.259. The molecule has 0 spiro atoms. The lowest BCUT2D eigenvalue weighted by Gasteiger charge is -2.18. The Hall–Kier alpha value is -0.433. The van der Waals surface area contributed by atoms with E-state index in [4.69, 9.17) is 14.4 Å². The number of hydrogen-bond acceptors (Lipinski definition) is 4. The second-order valence-electron chi connectivity index (χ2n) is 2.33. The van der Waals surface area contributed by atoms with Crippen LogP contribution in [0.1, 0.15) is 20.3 Å². The van der Waals surface area contributed by atoms with Gasteiger partial charge < -0.3 is 19.7 Å². The molecule has 66 valence electrons. The van der Waals surface area contributed by atoms with Crippen molar-refractivity contribution in [2.45, 2.75) is 25.9 Å². The summed E-state index contributed by atoms with van der Waals surface area (Å²) in [5.74, 6) is -0.313. The van der Waals surface area contributed by atoms with Crippen LogP contribution in [0.2, 0.25) is 0 Å². The molecule has 11 heavy (non-hydrogen) atoms. The van der Waals surface area contributed by atoms with Gasteiger partial charge in [-0.25, -0.2) is 0 Å². The van der Waals surface area contributed by atoms with Gasteiger partial charge in [0.1, 0.15) is 0 Å². The zero-order valence-corrected chi connectivity index (χ0v) is 7.53. The maximum atomic E-state index is 10.6. The van der Waals surface area contributed by atoms with Crippen molar-refractivity contribution in [1.29, 1.82) is 0 Å². The van der Waals surface area contributed by atoms with Gasteiger partial charge in [0, 0.05) is 6.42 Å². The molecule has 0 aliphatic heterocycles. The van der Waals surface area contributed by atoms with Gasteiger partial charge in [-0.2, -0.15) is 0 Å². The van der Waals surface area contributed by atoms with Crippen molar-refractivity contribution < 1.29 is 19.2 Å². The van der Waals surface area contributed by atoms with Gasteiger partial charge in [-0.3, -0.25) is 4.79 Å². The molecule has 0 aromatic carbocycles. The van der Waals surface area contributed by atoms with E-state index in [-0.39, 0.29) is 12.3 Å². The van der Waals surface area contributed by atoms with Crippen molar-refractivity contribution in [3.8, 4) is 0 Å². The van der Waals surface area contributed by atoms with E-state index in [0.29, 0.717) is 0 Å². The van der Waals surface area contributed by atoms with Crippen molar-refractivity contribution in [3.05, 3.63) is 0 Å². The summed E-state index contributed by atoms with van der Waals surface area (Å²) in [4.78, 5) is 36.6. The van der Waals surface area contributed by atoms with Crippen molar-refractivity contribution in [3.63, 3.8) is 0 Å². The molecule has 1 unspecified atom stereocenters. The lowest BCUT2D eigenvalue weighted by molar-refractivity contribution is -0.121. The Morgan fingerprint density at radius 3 is 2.27 bits per heavy atom. The van der Waals surface area contributed by atoms with E-state index in [9.17, 15) is 4.79 Å². The third-order valence-electron chi connectivity index (χ3n) is 1.28. The summed E-state index contributed by atoms with van der Waals surface area (Å²) in [6, 6.07) is 0. The molecule has 0 saturated heterocycles. The van der Waals surface area contributed by atoms with E-state index >= 15 is 0 Å². The Kier molecular flexibility index (Phi) is 3.66. The van der Waals surface area contributed by atoms with Crippen molar-refractivity contribution in [2.75, 3.05) is 0 Å². The minimum atomic E-state index is -4.17. The van der Waals surface area contributed by atoms with Gasteiger partial charge in [-0.05, 0) is 6.92 Å². The quantitative estimate of drug-likeness (QED) is 0.391. The fourth-order valence-electron chi connectivity index (χ4n) is 0.440. The first-order valence-corrected chi connectivity index (χ1v) is 5.26. The number of carbonyl (C=O) groups excluding carboxylic acids is 1. The molecule has 0 radical (unpaired) electrons. The van der Waals surface area contributed by atoms with Crippen LogP contribution in [0.25, 0.3) is 0 Å². The molecule has 4 N–H and O–H groups in total. The van der Waals surface area contributed by atoms with Crippen LogP contribution in [-0.2, 0) is 4.79 Å². The topological polar surface area (TPSA) is 89.8 Å². The molecule has 0 rings (SSSR count). The highest BCUT2D eigenvalue weighted by atomic mass is 28.4. The Morgan fingerprint density at radius 1 is 1.55 bits per heavy atom. The normalized spacial score (nSPS) is 14.3. The first kappa shape index (κ1) is 10.6. The van der Waals surface area contributed by atoms with Crippen LogP contribution in [0.4, 0.5) is 0 Å². The average Bonchev–Trinajstić information content (AvgIpc) is 1.85. The average molecular weight is 179 g/mol. The summed E-state index contributed by atoms with van der Waals surface area (Å²) in [6.07, 6.45) is 0.259. The summed E-state index contributed by atoms with van der Waals surface area (Å²) in [5, 5.41) is 2.24. The van der Waals surface area contributed by atoms with Crippen LogP contribution in [0, 0.1) is 0 Å². The number of amides is 1. The molecule has 0 aromatic rings. The Balaban J connectivity index is 3.87. The maximum Gasteiger partial charge on any atom is 0.516 e. The van der Waals surface area contributed by atoms with Crippen molar-refractivity contribution >= 4 is 14.7 Å². The number of rotatable bonds is 3. The van der Waals surface area contributed by atoms with Crippen molar-refractivity contribution in [1.82, 2.24) is 5.32 Å². The minimum Gasteiger partial charge on any atom is -0.389 e. The third kappa shape index (κ3) is 4.09. The van der Waals surface area contributed by atoms with E-state index in [1.54, 1.807) is 6.92 Å². The Labute approximate surface area is 66.0 Å². The van der Waals surface area contributed by atoms with Crippen LogP contribution in [0.3, 0.4) is 0 Å². The summed E-state index contributed by atoms with van der Waals surface area (Å²) in [7, 11) is -4.17. The van der Waals surface area contributed by atoms with Gasteiger partial charge in [0.25, 0.3) is 0 Å². The molecule has 0 heterocycles. The molecule has 0 fully saturated rings. The fourth-order valence-corrected chi connectivity index (χ4v) is 0.795. The Bertz CT molecular complexity index is 144. The zero-order chi connectivity index (χ0) is 9.07. The SMILES string of the molecule is CCC(=O)NC(C)[Si](O)(O)O. The molecule has 1 amide bonds. The van der Waals surface area contributed by atoms with Gasteiger partial charge in [0.15, 0.2) is 0 Å². The molecule has 5 nitrogen and oxygen atoms in total. The fraction of sp³-hybridized carbons (Fsp3) is 0.800. The van der Waals surface area contributed by atoms with Gasteiger partial charge in [-0.1, -0.05) is 6.92 Å². The molecule has 1 atom stereocenters. The van der Waals surface area contributed by atoms with Crippen LogP contribution in [0.5, 0.6) is 0 Å². The summed E-state index contributed by atoms with van der Waals surface area (Å²) < 4.78 is 0. The number of hydrogen-bond donors (Lipinski definition) is 4. The molecular weight excluding hydrogens is 166 g/mol. The van der Waals surface area contributed by atoms with Crippen molar-refractivity contribution in [2.24, 2.45) is 0 Å². The molecule has 0 aliphatic rings. The van der Waals surface area contributed by atoms with Gasteiger partial charge in [0.2, 0.25) is 5.91 Å². The van der Waals surface area contributed by atoms with E-state index in [1.807, 2.05) is 0 Å². The smallest absolute Gasteiger partial charge is 0.389 e. The highest BCUT2D eigenvalue weighted by molar-refractivity contribution is 6.58. The number of nitrogens with one attached hydrogen (secondary N) is 1. The third-order valence-corrected chi connectivity index (χ3v) is 2.59. The van der Waals surface area contributed by atoms with Crippen LogP contribution in [-0.4, -0.2) is 34.8 Å². The predicted octanol–water partition coefficient (Wildman–Crippen LogP) is -1.64. The van der Waals surface area contributed by atoms with Gasteiger partial charge in [0.05, 0.1) is 5.67 Å². The lowest BCUT2D eigenvalue weighted by Crippen LogP contribution is -2.56. The number of carbonyl (C=O) groups is 1. The van der Waals surface area contributed by atoms with Crippen LogP contribution >= 0.6 is 0 Å². The van der Waals surface area contributed by atoms with E-state index in [0.717, 1.165) is 0 Å². The second kappa shape index (κ2) is 3.81. The largest absolute Gasteiger partial charge is 0.516 e. The van der Waals surface area contributed by atoms with Crippen LogP contribution in [0.15, 0.2) is 0 Å². The second-order valence-corrected chi connectivity index (χ2v) is 4.57. The summed E-state index contributed by atoms with van der Waals surface area (Å²) in [6.45, 7) is 2.98.